The van der Waals surface area contributed by atoms with Gasteiger partial charge in [-0.15, -0.1) is 0 Å². The van der Waals surface area contributed by atoms with Crippen LogP contribution in [0.25, 0.3) is 0 Å². The molecule has 0 aliphatic carbocycles. The molecule has 1 N–H and O–H groups in total. The number of piperidine rings is 1. The van der Waals surface area contributed by atoms with Crippen molar-refractivity contribution in [3.63, 3.8) is 0 Å². The topological polar surface area (TPSA) is 24.5 Å². The first-order valence-electron chi connectivity index (χ1n) is 8.08. The van der Waals surface area contributed by atoms with Crippen LogP contribution in [0.4, 0.5) is 10.1 Å². The van der Waals surface area contributed by atoms with Crippen molar-refractivity contribution in [2.45, 2.75) is 57.2 Å². The quantitative estimate of drug-likeness (QED) is 0.901. The van der Waals surface area contributed by atoms with Gasteiger partial charge in [-0.1, -0.05) is 6.92 Å². The zero-order chi connectivity index (χ0) is 14.8. The van der Waals surface area contributed by atoms with Gasteiger partial charge in [-0.3, -0.25) is 0 Å². The molecule has 2 bridgehead atoms. The second-order valence-electron chi connectivity index (χ2n) is 6.23. The predicted octanol–water partition coefficient (Wildman–Crippen LogP) is 3.33. The highest BCUT2D eigenvalue weighted by atomic mass is 19.1. The first-order chi connectivity index (χ1) is 10.2. The first kappa shape index (κ1) is 14.6. The van der Waals surface area contributed by atoms with Gasteiger partial charge in [0.15, 0.2) is 0 Å². The van der Waals surface area contributed by atoms with E-state index in [0.29, 0.717) is 18.1 Å². The van der Waals surface area contributed by atoms with Crippen LogP contribution in [0, 0.1) is 5.82 Å². The third-order valence-electron chi connectivity index (χ3n) is 4.85. The van der Waals surface area contributed by atoms with Gasteiger partial charge in [0, 0.05) is 24.2 Å². The summed E-state index contributed by atoms with van der Waals surface area (Å²) in [6.45, 7) is 3.28. The van der Waals surface area contributed by atoms with Crippen LogP contribution in [0.5, 0.6) is 5.75 Å². The van der Waals surface area contributed by atoms with Crippen molar-refractivity contribution in [2.75, 3.05) is 18.6 Å². The zero-order valence-corrected chi connectivity index (χ0v) is 12.9. The summed E-state index contributed by atoms with van der Waals surface area (Å²) in [5, 5.41) is 3.64. The molecule has 0 aromatic heterocycles. The van der Waals surface area contributed by atoms with Crippen LogP contribution in [0.1, 0.15) is 39.0 Å². The van der Waals surface area contributed by atoms with E-state index in [1.807, 2.05) is 6.07 Å². The maximum absolute atomic E-state index is 14.3. The van der Waals surface area contributed by atoms with Gasteiger partial charge >= 0.3 is 0 Å². The molecule has 0 spiro atoms. The Morgan fingerprint density at radius 3 is 2.62 bits per heavy atom. The highest BCUT2D eigenvalue weighted by Crippen LogP contribution is 2.41. The normalized spacial score (nSPS) is 28.0. The van der Waals surface area contributed by atoms with Crippen molar-refractivity contribution >= 4 is 5.69 Å². The van der Waals surface area contributed by atoms with Crippen molar-refractivity contribution in [3.8, 4) is 5.75 Å². The van der Waals surface area contributed by atoms with Crippen molar-refractivity contribution < 1.29 is 9.13 Å². The number of nitrogens with zero attached hydrogens (tertiary/aromatic N) is 1. The number of ether oxygens (including phenoxy) is 1. The van der Waals surface area contributed by atoms with Crippen molar-refractivity contribution in [3.05, 3.63) is 24.0 Å². The SMILES string of the molecule is CCCNC1CC2CCC(C1)N2c1cc(OC)ccc1F. The summed E-state index contributed by atoms with van der Waals surface area (Å²) in [5.74, 6) is 0.602. The number of hydrogen-bond acceptors (Lipinski definition) is 3. The number of rotatable bonds is 5. The summed E-state index contributed by atoms with van der Waals surface area (Å²) in [5.41, 5.74) is 0.718. The van der Waals surface area contributed by atoms with Crippen LogP contribution in [-0.4, -0.2) is 31.8 Å². The van der Waals surface area contributed by atoms with Crippen molar-refractivity contribution in [1.29, 1.82) is 0 Å². The molecule has 2 heterocycles. The summed E-state index contributed by atoms with van der Waals surface area (Å²) in [4.78, 5) is 2.31. The summed E-state index contributed by atoms with van der Waals surface area (Å²) in [6.07, 6.45) is 5.75. The molecule has 2 fully saturated rings. The monoisotopic (exact) mass is 292 g/mol. The Bertz CT molecular complexity index is 480. The number of hydrogen-bond donors (Lipinski definition) is 1. The Morgan fingerprint density at radius 2 is 2.00 bits per heavy atom. The van der Waals surface area contributed by atoms with Crippen LogP contribution in [0.15, 0.2) is 18.2 Å². The fourth-order valence-corrected chi connectivity index (χ4v) is 3.90. The minimum absolute atomic E-state index is 0.132. The molecule has 116 valence electrons. The molecular weight excluding hydrogens is 267 g/mol. The van der Waals surface area contributed by atoms with Gasteiger partial charge < -0.3 is 15.0 Å². The molecule has 2 atom stereocenters. The van der Waals surface area contributed by atoms with Crippen LogP contribution in [0.3, 0.4) is 0 Å². The van der Waals surface area contributed by atoms with E-state index in [1.165, 1.54) is 25.3 Å². The second-order valence-corrected chi connectivity index (χ2v) is 6.23. The fraction of sp³-hybridized carbons (Fsp3) is 0.647. The predicted molar refractivity (Wildman–Crippen MR) is 83.6 cm³/mol. The molecule has 21 heavy (non-hydrogen) atoms. The molecule has 1 aromatic carbocycles. The molecule has 2 aliphatic rings. The number of nitrogens with one attached hydrogen (secondary N) is 1. The van der Waals surface area contributed by atoms with Crippen LogP contribution < -0.4 is 15.0 Å². The molecule has 0 saturated carbocycles. The van der Waals surface area contributed by atoms with E-state index in [2.05, 4.69) is 17.1 Å². The Morgan fingerprint density at radius 1 is 1.29 bits per heavy atom. The van der Waals surface area contributed by atoms with E-state index < -0.39 is 0 Å². The molecule has 2 aliphatic heterocycles. The maximum Gasteiger partial charge on any atom is 0.146 e. The fourth-order valence-electron chi connectivity index (χ4n) is 3.90. The minimum Gasteiger partial charge on any atom is -0.497 e. The lowest BCUT2D eigenvalue weighted by molar-refractivity contribution is 0.353. The molecule has 4 heteroatoms. The second kappa shape index (κ2) is 6.22. The molecule has 0 amide bonds. The van der Waals surface area contributed by atoms with Gasteiger partial charge in [-0.2, -0.15) is 0 Å². The Balaban J connectivity index is 1.79. The molecule has 2 unspecified atom stereocenters. The standard InChI is InChI=1S/C17H25FN2O/c1-3-8-19-12-9-13-4-5-14(10-12)20(13)17-11-15(21-2)6-7-16(17)18/h6-7,11-14,19H,3-5,8-10H2,1-2H3. The molecule has 2 saturated heterocycles. The number of halogens is 1. The molecule has 1 aromatic rings. The lowest BCUT2D eigenvalue weighted by Crippen LogP contribution is -2.49. The van der Waals surface area contributed by atoms with Gasteiger partial charge in [0.25, 0.3) is 0 Å². The van der Waals surface area contributed by atoms with Gasteiger partial charge in [-0.25, -0.2) is 4.39 Å². The average molecular weight is 292 g/mol. The Hall–Kier alpha value is -1.29. The molecular formula is C17H25FN2O. The molecule has 0 radical (unpaired) electrons. The van der Waals surface area contributed by atoms with E-state index in [9.17, 15) is 4.39 Å². The van der Waals surface area contributed by atoms with Crippen molar-refractivity contribution in [2.24, 2.45) is 0 Å². The van der Waals surface area contributed by atoms with Crippen LogP contribution in [0.2, 0.25) is 0 Å². The van der Waals surface area contributed by atoms with Crippen LogP contribution in [-0.2, 0) is 0 Å². The summed E-state index contributed by atoms with van der Waals surface area (Å²) < 4.78 is 19.5. The Kier molecular flexibility index (Phi) is 4.34. The maximum atomic E-state index is 14.3. The summed E-state index contributed by atoms with van der Waals surface area (Å²) in [7, 11) is 1.63. The van der Waals surface area contributed by atoms with E-state index in [0.717, 1.165) is 30.8 Å². The lowest BCUT2D eigenvalue weighted by Gasteiger charge is -2.41. The number of anilines is 1. The largest absolute Gasteiger partial charge is 0.497 e. The third-order valence-corrected chi connectivity index (χ3v) is 4.85. The summed E-state index contributed by atoms with van der Waals surface area (Å²) in [6, 6.07) is 6.57. The highest BCUT2D eigenvalue weighted by Gasteiger charge is 2.41. The average Bonchev–Trinajstić information content (AvgIpc) is 2.76. The van der Waals surface area contributed by atoms with Gasteiger partial charge in [0.1, 0.15) is 11.6 Å². The van der Waals surface area contributed by atoms with E-state index in [-0.39, 0.29) is 5.82 Å². The van der Waals surface area contributed by atoms with Gasteiger partial charge in [-0.05, 0) is 50.8 Å². The van der Waals surface area contributed by atoms with Crippen molar-refractivity contribution in [1.82, 2.24) is 5.32 Å². The van der Waals surface area contributed by atoms with E-state index in [4.69, 9.17) is 4.74 Å². The number of benzene rings is 1. The number of fused-ring (bicyclic) bond motifs is 2. The first-order valence-corrected chi connectivity index (χ1v) is 8.08. The highest BCUT2D eigenvalue weighted by molar-refractivity contribution is 5.55. The number of methoxy groups -OCH3 is 1. The van der Waals surface area contributed by atoms with E-state index >= 15 is 0 Å². The van der Waals surface area contributed by atoms with Crippen LogP contribution >= 0.6 is 0 Å². The smallest absolute Gasteiger partial charge is 0.146 e. The molecule has 3 nitrogen and oxygen atoms in total. The lowest BCUT2D eigenvalue weighted by atomic mass is 9.96. The Labute approximate surface area is 126 Å². The molecule has 3 rings (SSSR count). The minimum atomic E-state index is -0.132. The van der Waals surface area contributed by atoms with E-state index in [1.54, 1.807) is 13.2 Å². The summed E-state index contributed by atoms with van der Waals surface area (Å²) >= 11 is 0. The zero-order valence-electron chi connectivity index (χ0n) is 12.9. The van der Waals surface area contributed by atoms with Gasteiger partial charge in [0.2, 0.25) is 0 Å². The van der Waals surface area contributed by atoms with Gasteiger partial charge in [0.05, 0.1) is 12.8 Å². The third kappa shape index (κ3) is 2.86.